The van der Waals surface area contributed by atoms with Gasteiger partial charge in [0, 0.05) is 11.0 Å². The average Bonchev–Trinajstić information content (AvgIpc) is 2.68. The molecule has 1 saturated heterocycles. The average molecular weight is 272 g/mol. The predicted octanol–water partition coefficient (Wildman–Crippen LogP) is 2.24. The Morgan fingerprint density at radius 1 is 1.40 bits per heavy atom. The van der Waals surface area contributed by atoms with Crippen LogP contribution in [0.1, 0.15) is 18.3 Å². The largest absolute Gasteiger partial charge is 0.342 e. The zero-order valence-corrected chi connectivity index (χ0v) is 10.3. The van der Waals surface area contributed by atoms with E-state index in [9.17, 15) is 0 Å². The minimum absolute atomic E-state index is 0.640. The lowest BCUT2D eigenvalue weighted by molar-refractivity contribution is -0.152. The summed E-state index contributed by atoms with van der Waals surface area (Å²) in [6, 6.07) is 5.96. The Balaban J connectivity index is 2.23. The summed E-state index contributed by atoms with van der Waals surface area (Å²) < 4.78 is 11.1. The standard InChI is InChI=1S/C11H14BrNO2/c1-11(14-7-8-15-11)10-4-2-3-9(13-10)5-6-12/h2-4H,5-8H2,1H3. The first-order chi connectivity index (χ1) is 7.24. The predicted molar refractivity (Wildman–Crippen MR) is 61.0 cm³/mol. The molecule has 0 aromatic carbocycles. The van der Waals surface area contributed by atoms with E-state index in [-0.39, 0.29) is 0 Å². The molecule has 82 valence electrons. The van der Waals surface area contributed by atoms with E-state index in [1.807, 2.05) is 25.1 Å². The fourth-order valence-electron chi connectivity index (χ4n) is 1.63. The van der Waals surface area contributed by atoms with Gasteiger partial charge in [-0.25, -0.2) is 0 Å². The van der Waals surface area contributed by atoms with Gasteiger partial charge in [0.25, 0.3) is 0 Å². The van der Waals surface area contributed by atoms with Crippen molar-refractivity contribution in [1.29, 1.82) is 0 Å². The van der Waals surface area contributed by atoms with Crippen LogP contribution in [-0.4, -0.2) is 23.5 Å². The van der Waals surface area contributed by atoms with E-state index in [4.69, 9.17) is 9.47 Å². The van der Waals surface area contributed by atoms with Gasteiger partial charge in [-0.1, -0.05) is 22.0 Å². The molecule has 0 atom stereocenters. The lowest BCUT2D eigenvalue weighted by Crippen LogP contribution is -2.24. The van der Waals surface area contributed by atoms with Gasteiger partial charge >= 0.3 is 0 Å². The van der Waals surface area contributed by atoms with Crippen molar-refractivity contribution in [3.05, 3.63) is 29.6 Å². The van der Waals surface area contributed by atoms with Crippen molar-refractivity contribution in [2.45, 2.75) is 19.1 Å². The molecule has 1 aliphatic rings. The van der Waals surface area contributed by atoms with Crippen LogP contribution in [0.15, 0.2) is 18.2 Å². The topological polar surface area (TPSA) is 31.4 Å². The molecule has 2 heterocycles. The van der Waals surface area contributed by atoms with Crippen LogP contribution in [0.25, 0.3) is 0 Å². The van der Waals surface area contributed by atoms with Crippen molar-refractivity contribution in [3.63, 3.8) is 0 Å². The number of nitrogens with zero attached hydrogens (tertiary/aromatic N) is 1. The Bertz CT molecular complexity index is 337. The number of aromatic nitrogens is 1. The van der Waals surface area contributed by atoms with Crippen LogP contribution in [0.4, 0.5) is 0 Å². The third-order valence-corrected chi connectivity index (χ3v) is 2.86. The van der Waals surface area contributed by atoms with E-state index in [1.165, 1.54) is 0 Å². The van der Waals surface area contributed by atoms with E-state index in [0.29, 0.717) is 13.2 Å². The summed E-state index contributed by atoms with van der Waals surface area (Å²) in [5.41, 5.74) is 1.92. The van der Waals surface area contributed by atoms with Crippen molar-refractivity contribution in [3.8, 4) is 0 Å². The summed E-state index contributed by atoms with van der Waals surface area (Å²) in [6.07, 6.45) is 0.921. The van der Waals surface area contributed by atoms with Gasteiger partial charge in [-0.05, 0) is 25.5 Å². The van der Waals surface area contributed by atoms with Gasteiger partial charge in [-0.3, -0.25) is 4.98 Å². The zero-order valence-electron chi connectivity index (χ0n) is 8.70. The van der Waals surface area contributed by atoms with Gasteiger partial charge in [0.05, 0.1) is 18.9 Å². The van der Waals surface area contributed by atoms with Crippen molar-refractivity contribution in [1.82, 2.24) is 4.98 Å². The third-order valence-electron chi connectivity index (χ3n) is 2.46. The van der Waals surface area contributed by atoms with Gasteiger partial charge in [0.2, 0.25) is 5.79 Å². The second kappa shape index (κ2) is 4.60. The molecule has 0 bridgehead atoms. The highest BCUT2D eigenvalue weighted by molar-refractivity contribution is 9.09. The number of hydrogen-bond donors (Lipinski definition) is 0. The third kappa shape index (κ3) is 2.38. The molecule has 0 unspecified atom stereocenters. The summed E-state index contributed by atoms with van der Waals surface area (Å²) in [7, 11) is 0. The molecule has 1 aromatic heterocycles. The summed E-state index contributed by atoms with van der Waals surface area (Å²) >= 11 is 3.41. The molecule has 0 aliphatic carbocycles. The van der Waals surface area contributed by atoms with E-state index < -0.39 is 5.79 Å². The van der Waals surface area contributed by atoms with Crippen LogP contribution in [-0.2, 0) is 21.7 Å². The van der Waals surface area contributed by atoms with Crippen molar-refractivity contribution in [2.75, 3.05) is 18.5 Å². The Labute approximate surface area is 97.9 Å². The highest BCUT2D eigenvalue weighted by atomic mass is 79.9. The maximum Gasteiger partial charge on any atom is 0.209 e. The summed E-state index contributed by atoms with van der Waals surface area (Å²) in [4.78, 5) is 4.54. The Morgan fingerprint density at radius 2 is 2.13 bits per heavy atom. The molecular formula is C11H14BrNO2. The SMILES string of the molecule is CC1(c2cccc(CCBr)n2)OCCO1. The lowest BCUT2D eigenvalue weighted by atomic mass is 10.2. The molecule has 0 N–H and O–H groups in total. The smallest absolute Gasteiger partial charge is 0.209 e. The van der Waals surface area contributed by atoms with Crippen LogP contribution in [0, 0.1) is 0 Å². The second-order valence-electron chi connectivity index (χ2n) is 3.60. The first-order valence-corrected chi connectivity index (χ1v) is 6.17. The molecule has 0 spiro atoms. The molecule has 1 aromatic rings. The molecule has 0 amide bonds. The quantitative estimate of drug-likeness (QED) is 0.791. The van der Waals surface area contributed by atoms with Crippen LogP contribution in [0.5, 0.6) is 0 Å². The van der Waals surface area contributed by atoms with Gasteiger partial charge in [0.1, 0.15) is 0 Å². The summed E-state index contributed by atoms with van der Waals surface area (Å²) in [5.74, 6) is -0.650. The lowest BCUT2D eigenvalue weighted by Gasteiger charge is -2.21. The molecular weight excluding hydrogens is 258 g/mol. The first-order valence-electron chi connectivity index (χ1n) is 5.05. The monoisotopic (exact) mass is 271 g/mol. The summed E-state index contributed by atoms with van der Waals surface area (Å²) in [5, 5.41) is 0.919. The molecule has 0 saturated carbocycles. The fourth-order valence-corrected chi connectivity index (χ4v) is 2.04. The molecule has 3 nitrogen and oxygen atoms in total. The first kappa shape index (κ1) is 11.0. The van der Waals surface area contributed by atoms with Crippen molar-refractivity contribution in [2.24, 2.45) is 0 Å². The molecule has 1 fully saturated rings. The van der Waals surface area contributed by atoms with Crippen molar-refractivity contribution < 1.29 is 9.47 Å². The zero-order chi connectivity index (χ0) is 10.7. The number of ether oxygens (including phenoxy) is 2. The Hall–Kier alpha value is -0.450. The Morgan fingerprint density at radius 3 is 2.80 bits per heavy atom. The van der Waals surface area contributed by atoms with Crippen LogP contribution in [0.2, 0.25) is 0 Å². The maximum atomic E-state index is 5.56. The van der Waals surface area contributed by atoms with Gasteiger partial charge < -0.3 is 9.47 Å². The number of aryl methyl sites for hydroxylation is 1. The molecule has 0 radical (unpaired) electrons. The minimum Gasteiger partial charge on any atom is -0.342 e. The highest BCUT2D eigenvalue weighted by Gasteiger charge is 2.34. The van der Waals surface area contributed by atoms with Gasteiger partial charge in [-0.2, -0.15) is 0 Å². The number of alkyl halides is 1. The van der Waals surface area contributed by atoms with Crippen LogP contribution >= 0.6 is 15.9 Å². The van der Waals surface area contributed by atoms with E-state index >= 15 is 0 Å². The molecule has 1 aliphatic heterocycles. The number of halogens is 1. The van der Waals surface area contributed by atoms with E-state index in [1.54, 1.807) is 0 Å². The fraction of sp³-hybridized carbons (Fsp3) is 0.545. The Kier molecular flexibility index (Phi) is 3.38. The number of hydrogen-bond acceptors (Lipinski definition) is 3. The normalized spacial score (nSPS) is 19.3. The maximum absolute atomic E-state index is 5.56. The highest BCUT2D eigenvalue weighted by Crippen LogP contribution is 2.29. The molecule has 4 heteroatoms. The van der Waals surface area contributed by atoms with Crippen molar-refractivity contribution >= 4 is 15.9 Å². The van der Waals surface area contributed by atoms with E-state index in [2.05, 4.69) is 20.9 Å². The minimum atomic E-state index is -0.650. The van der Waals surface area contributed by atoms with Gasteiger partial charge in [-0.15, -0.1) is 0 Å². The molecule has 15 heavy (non-hydrogen) atoms. The number of rotatable bonds is 3. The molecule has 2 rings (SSSR count). The number of pyridine rings is 1. The van der Waals surface area contributed by atoms with E-state index in [0.717, 1.165) is 23.1 Å². The van der Waals surface area contributed by atoms with Gasteiger partial charge in [0.15, 0.2) is 0 Å². The van der Waals surface area contributed by atoms with Crippen LogP contribution < -0.4 is 0 Å². The second-order valence-corrected chi connectivity index (χ2v) is 4.39. The van der Waals surface area contributed by atoms with Crippen LogP contribution in [0.3, 0.4) is 0 Å². The summed E-state index contributed by atoms with van der Waals surface area (Å²) in [6.45, 7) is 3.20.